The van der Waals surface area contributed by atoms with E-state index >= 15 is 0 Å². The van der Waals surface area contributed by atoms with E-state index in [1.807, 2.05) is 0 Å². The molecule has 3 aromatic carbocycles. The number of likely N-dealkylation sites (N-methyl/N-ethyl adjacent to an activating group) is 1. The standard InChI is InChI=1S/C27H29Cl2N3O4S/c1-3-25(27(34)30-4-2)31(18-20-11-8-9-16-24(20)29)26(33)19-32(22-13-10-12-21(28)17-22)37(35,36)23-14-6-5-7-15-23/h5-17,25H,3-4,18-19H2,1-2H3,(H,30,34)/t25-/m1/s1. The predicted molar refractivity (Wildman–Crippen MR) is 147 cm³/mol. The summed E-state index contributed by atoms with van der Waals surface area (Å²) in [6.45, 7) is 3.46. The van der Waals surface area contributed by atoms with E-state index in [0.717, 1.165) is 4.31 Å². The van der Waals surface area contributed by atoms with Crippen molar-refractivity contribution in [3.05, 3.63) is 94.5 Å². The van der Waals surface area contributed by atoms with E-state index in [4.69, 9.17) is 23.2 Å². The third kappa shape index (κ3) is 7.03. The van der Waals surface area contributed by atoms with E-state index in [1.165, 1.54) is 23.1 Å². The van der Waals surface area contributed by atoms with Crippen molar-refractivity contribution >= 4 is 50.7 Å². The number of halogens is 2. The molecule has 0 aromatic heterocycles. The number of carbonyl (C=O) groups excluding carboxylic acids is 2. The van der Waals surface area contributed by atoms with Crippen molar-refractivity contribution in [2.45, 2.75) is 37.8 Å². The summed E-state index contributed by atoms with van der Waals surface area (Å²) in [4.78, 5) is 28.2. The second kappa shape index (κ2) is 12.9. The minimum absolute atomic E-state index is 0.0243. The van der Waals surface area contributed by atoms with Crippen molar-refractivity contribution in [2.75, 3.05) is 17.4 Å². The van der Waals surface area contributed by atoms with Gasteiger partial charge in [-0.2, -0.15) is 0 Å². The molecule has 3 rings (SSSR count). The van der Waals surface area contributed by atoms with Gasteiger partial charge in [-0.05, 0) is 55.3 Å². The predicted octanol–water partition coefficient (Wildman–Crippen LogP) is 5.13. The van der Waals surface area contributed by atoms with Gasteiger partial charge >= 0.3 is 0 Å². The van der Waals surface area contributed by atoms with Crippen LogP contribution < -0.4 is 9.62 Å². The van der Waals surface area contributed by atoms with Gasteiger partial charge in [0.05, 0.1) is 10.6 Å². The van der Waals surface area contributed by atoms with Crippen LogP contribution in [0.1, 0.15) is 25.8 Å². The van der Waals surface area contributed by atoms with Crippen LogP contribution in [0.2, 0.25) is 10.0 Å². The van der Waals surface area contributed by atoms with Crippen molar-refractivity contribution in [2.24, 2.45) is 0 Å². The van der Waals surface area contributed by atoms with Gasteiger partial charge in [-0.15, -0.1) is 0 Å². The molecule has 10 heteroatoms. The first-order valence-corrected chi connectivity index (χ1v) is 14.0. The molecule has 0 spiro atoms. The molecular formula is C27H29Cl2N3O4S. The van der Waals surface area contributed by atoms with Gasteiger partial charge in [0.25, 0.3) is 10.0 Å². The lowest BCUT2D eigenvalue weighted by molar-refractivity contribution is -0.140. The molecule has 3 aromatic rings. The maximum Gasteiger partial charge on any atom is 0.264 e. The Labute approximate surface area is 228 Å². The van der Waals surface area contributed by atoms with Crippen LogP contribution in [0.25, 0.3) is 0 Å². The number of rotatable bonds is 11. The van der Waals surface area contributed by atoms with Gasteiger partial charge in [0.1, 0.15) is 12.6 Å². The highest BCUT2D eigenvalue weighted by Crippen LogP contribution is 2.27. The minimum Gasteiger partial charge on any atom is -0.355 e. The van der Waals surface area contributed by atoms with Crippen LogP contribution in [0.4, 0.5) is 5.69 Å². The smallest absolute Gasteiger partial charge is 0.264 e. The van der Waals surface area contributed by atoms with Gasteiger partial charge < -0.3 is 10.2 Å². The SMILES string of the molecule is CCNC(=O)[C@@H](CC)N(Cc1ccccc1Cl)C(=O)CN(c1cccc(Cl)c1)S(=O)(=O)c1ccccc1. The summed E-state index contributed by atoms with van der Waals surface area (Å²) in [5.41, 5.74) is 0.869. The number of nitrogens with zero attached hydrogens (tertiary/aromatic N) is 2. The highest BCUT2D eigenvalue weighted by Gasteiger charge is 2.33. The van der Waals surface area contributed by atoms with Crippen LogP contribution in [0, 0.1) is 0 Å². The number of sulfonamides is 1. The lowest BCUT2D eigenvalue weighted by Crippen LogP contribution is -2.52. The van der Waals surface area contributed by atoms with Crippen LogP contribution in [-0.2, 0) is 26.2 Å². The van der Waals surface area contributed by atoms with Crippen LogP contribution in [-0.4, -0.2) is 44.3 Å². The Kier molecular flexibility index (Phi) is 9.97. The van der Waals surface area contributed by atoms with E-state index in [9.17, 15) is 18.0 Å². The molecule has 0 aliphatic carbocycles. The summed E-state index contributed by atoms with van der Waals surface area (Å²) in [5, 5.41) is 3.52. The lowest BCUT2D eigenvalue weighted by Gasteiger charge is -2.33. The fourth-order valence-corrected chi connectivity index (χ4v) is 5.71. The average Bonchev–Trinajstić information content (AvgIpc) is 2.88. The Morgan fingerprint density at radius 3 is 2.22 bits per heavy atom. The summed E-state index contributed by atoms with van der Waals surface area (Å²) < 4.78 is 28.4. The number of benzene rings is 3. The maximum absolute atomic E-state index is 13.9. The Morgan fingerprint density at radius 1 is 0.919 bits per heavy atom. The van der Waals surface area contributed by atoms with Crippen molar-refractivity contribution in [1.29, 1.82) is 0 Å². The minimum atomic E-state index is -4.14. The molecule has 0 fully saturated rings. The summed E-state index contributed by atoms with van der Waals surface area (Å²) in [6.07, 6.45) is 0.324. The fraction of sp³-hybridized carbons (Fsp3) is 0.259. The first-order valence-electron chi connectivity index (χ1n) is 11.8. The third-order valence-corrected chi connectivity index (χ3v) is 8.13. The Morgan fingerprint density at radius 2 is 1.59 bits per heavy atom. The Balaban J connectivity index is 2.06. The number of anilines is 1. The molecule has 0 unspecified atom stereocenters. The van der Waals surface area contributed by atoms with Crippen LogP contribution in [0.5, 0.6) is 0 Å². The normalized spacial score (nSPS) is 12.0. The molecule has 0 aliphatic heterocycles. The summed E-state index contributed by atoms with van der Waals surface area (Å²) >= 11 is 12.5. The first kappa shape index (κ1) is 28.5. The highest BCUT2D eigenvalue weighted by molar-refractivity contribution is 7.92. The van der Waals surface area contributed by atoms with Crippen LogP contribution in [0.15, 0.2) is 83.8 Å². The van der Waals surface area contributed by atoms with Gasteiger partial charge in [-0.1, -0.05) is 72.6 Å². The number of hydrogen-bond acceptors (Lipinski definition) is 4. The van der Waals surface area contributed by atoms with Gasteiger partial charge in [0.15, 0.2) is 0 Å². The molecule has 0 saturated carbocycles. The van der Waals surface area contributed by atoms with Crippen LogP contribution >= 0.6 is 23.2 Å². The van der Waals surface area contributed by atoms with Crippen molar-refractivity contribution in [3.63, 3.8) is 0 Å². The third-order valence-electron chi connectivity index (χ3n) is 5.74. The topological polar surface area (TPSA) is 86.8 Å². The van der Waals surface area contributed by atoms with E-state index in [1.54, 1.807) is 74.5 Å². The molecule has 1 atom stereocenters. The number of carbonyl (C=O) groups is 2. The molecule has 37 heavy (non-hydrogen) atoms. The monoisotopic (exact) mass is 561 g/mol. The van der Waals surface area contributed by atoms with Crippen molar-refractivity contribution in [1.82, 2.24) is 10.2 Å². The van der Waals surface area contributed by atoms with Crippen molar-refractivity contribution in [3.8, 4) is 0 Å². The maximum atomic E-state index is 13.9. The molecule has 0 bridgehead atoms. The van der Waals surface area contributed by atoms with E-state index in [2.05, 4.69) is 5.32 Å². The highest BCUT2D eigenvalue weighted by atomic mass is 35.5. The number of hydrogen-bond donors (Lipinski definition) is 1. The molecule has 0 radical (unpaired) electrons. The zero-order valence-electron chi connectivity index (χ0n) is 20.6. The molecular weight excluding hydrogens is 533 g/mol. The Bertz CT molecular complexity index is 1340. The van der Waals surface area contributed by atoms with Crippen LogP contribution in [0.3, 0.4) is 0 Å². The molecule has 196 valence electrons. The summed E-state index contributed by atoms with van der Waals surface area (Å²) in [6, 6.07) is 20.3. The zero-order valence-corrected chi connectivity index (χ0v) is 22.9. The van der Waals surface area contributed by atoms with E-state index < -0.39 is 28.5 Å². The number of nitrogens with one attached hydrogen (secondary N) is 1. The van der Waals surface area contributed by atoms with Gasteiger partial charge in [-0.25, -0.2) is 8.42 Å². The zero-order chi connectivity index (χ0) is 27.0. The fourth-order valence-electron chi connectivity index (χ4n) is 3.90. The Hall–Kier alpha value is -3.07. The quantitative estimate of drug-likeness (QED) is 0.351. The molecule has 0 saturated heterocycles. The lowest BCUT2D eigenvalue weighted by atomic mass is 10.1. The summed E-state index contributed by atoms with van der Waals surface area (Å²) in [5.74, 6) is -0.886. The van der Waals surface area contributed by atoms with E-state index in [0.29, 0.717) is 28.6 Å². The second-order valence-electron chi connectivity index (χ2n) is 8.24. The molecule has 0 aliphatic rings. The van der Waals surface area contributed by atoms with Crippen molar-refractivity contribution < 1.29 is 18.0 Å². The molecule has 7 nitrogen and oxygen atoms in total. The van der Waals surface area contributed by atoms with Gasteiger partial charge in [-0.3, -0.25) is 13.9 Å². The van der Waals surface area contributed by atoms with Gasteiger partial charge in [0.2, 0.25) is 11.8 Å². The number of amides is 2. The van der Waals surface area contributed by atoms with Gasteiger partial charge in [0, 0.05) is 23.1 Å². The second-order valence-corrected chi connectivity index (χ2v) is 10.9. The largest absolute Gasteiger partial charge is 0.355 e. The molecule has 0 heterocycles. The molecule has 1 N–H and O–H groups in total. The average molecular weight is 563 g/mol. The first-order chi connectivity index (χ1) is 17.7. The van der Waals surface area contributed by atoms with E-state index in [-0.39, 0.29) is 23.0 Å². The molecule has 2 amide bonds. The summed E-state index contributed by atoms with van der Waals surface area (Å²) in [7, 11) is -4.14.